The van der Waals surface area contributed by atoms with E-state index >= 15 is 0 Å². The Kier molecular flexibility index (Phi) is 4.99. The van der Waals surface area contributed by atoms with E-state index in [4.69, 9.17) is 4.98 Å². The maximum Gasteiger partial charge on any atom is 0.146 e. The lowest BCUT2D eigenvalue weighted by Crippen LogP contribution is -1.93. The average Bonchev–Trinajstić information content (AvgIpc) is 4.03. The van der Waals surface area contributed by atoms with Crippen molar-refractivity contribution in [2.75, 3.05) is 0 Å². The number of hydrogen-bond acceptors (Lipinski definition) is 1. The van der Waals surface area contributed by atoms with Gasteiger partial charge < -0.3 is 8.97 Å². The number of benzene rings is 8. The van der Waals surface area contributed by atoms with Crippen LogP contribution in [0.25, 0.3) is 126 Å². The van der Waals surface area contributed by atoms with Crippen LogP contribution in [0.15, 0.2) is 170 Å². The first-order valence-corrected chi connectivity index (χ1v) is 19.0. The van der Waals surface area contributed by atoms with Crippen LogP contribution < -0.4 is 0 Å². The quantitative estimate of drug-likeness (QED) is 0.177. The van der Waals surface area contributed by atoms with E-state index in [0.717, 1.165) is 16.7 Å². The highest BCUT2D eigenvalue weighted by atomic mass is 15.0. The molecule has 0 aliphatic heterocycles. The van der Waals surface area contributed by atoms with Gasteiger partial charge in [-0.25, -0.2) is 4.98 Å². The first-order chi connectivity index (χ1) is 27.3. The van der Waals surface area contributed by atoms with Crippen molar-refractivity contribution >= 4 is 109 Å². The Morgan fingerprint density at radius 2 is 1.04 bits per heavy atom. The molecule has 14 aromatic rings. The van der Waals surface area contributed by atoms with Gasteiger partial charge in [0.1, 0.15) is 5.65 Å². The van der Waals surface area contributed by atoms with Gasteiger partial charge >= 0.3 is 0 Å². The smallest absolute Gasteiger partial charge is 0.146 e. The van der Waals surface area contributed by atoms with Gasteiger partial charge in [0.05, 0.1) is 44.1 Å². The van der Waals surface area contributed by atoms with Gasteiger partial charge in [0.15, 0.2) is 0 Å². The highest BCUT2D eigenvalue weighted by molar-refractivity contribution is 6.33. The molecule has 6 heterocycles. The minimum Gasteiger partial charge on any atom is -0.309 e. The molecule has 0 bridgehead atoms. The Balaban J connectivity index is 1.15. The SMILES string of the molecule is c1ccc(-n2c3ccccc3c3cc(-c4cccc5c6c7ccccc7cc7c8nc9c(cc8n(c45)c76)c4cccc5c6ccccc6n9c54)ccc32)cc1. The zero-order chi connectivity index (χ0) is 35.5. The molecular weight excluding hydrogens is 669 g/mol. The molecule has 0 N–H and O–H groups in total. The number of para-hydroxylation sites is 5. The summed E-state index contributed by atoms with van der Waals surface area (Å²) in [7, 11) is 0. The van der Waals surface area contributed by atoms with Crippen molar-refractivity contribution in [1.82, 2.24) is 18.4 Å². The van der Waals surface area contributed by atoms with Crippen LogP contribution in [0.5, 0.6) is 0 Å². The van der Waals surface area contributed by atoms with Crippen LogP contribution in [-0.2, 0) is 0 Å². The summed E-state index contributed by atoms with van der Waals surface area (Å²) in [5, 5.41) is 13.7. The molecule has 0 aliphatic carbocycles. The van der Waals surface area contributed by atoms with Crippen LogP contribution in [0.2, 0.25) is 0 Å². The number of nitrogens with zero attached hydrogens (tertiary/aromatic N) is 4. The molecule has 6 aromatic heterocycles. The van der Waals surface area contributed by atoms with Gasteiger partial charge in [-0.2, -0.15) is 0 Å². The number of pyridine rings is 1. The third-order valence-corrected chi connectivity index (χ3v) is 12.4. The van der Waals surface area contributed by atoms with Crippen molar-refractivity contribution < 1.29 is 0 Å². The maximum atomic E-state index is 5.67. The van der Waals surface area contributed by atoms with Crippen LogP contribution in [0.1, 0.15) is 0 Å². The van der Waals surface area contributed by atoms with Gasteiger partial charge in [0.25, 0.3) is 0 Å². The molecule has 4 heteroatoms. The van der Waals surface area contributed by atoms with E-state index in [1.165, 1.54) is 109 Å². The van der Waals surface area contributed by atoms with E-state index in [9.17, 15) is 0 Å². The molecule has 0 saturated carbocycles. The molecule has 4 nitrogen and oxygen atoms in total. The second-order valence-corrected chi connectivity index (χ2v) is 15.1. The van der Waals surface area contributed by atoms with Crippen molar-refractivity contribution in [3.63, 3.8) is 0 Å². The van der Waals surface area contributed by atoms with E-state index in [1.807, 2.05) is 0 Å². The Morgan fingerprint density at radius 1 is 0.364 bits per heavy atom. The van der Waals surface area contributed by atoms with Gasteiger partial charge in [0, 0.05) is 59.7 Å². The average molecular weight is 697 g/mol. The lowest BCUT2D eigenvalue weighted by molar-refractivity contribution is 1.18. The number of rotatable bonds is 2. The van der Waals surface area contributed by atoms with Crippen molar-refractivity contribution in [1.29, 1.82) is 0 Å². The summed E-state index contributed by atoms with van der Waals surface area (Å²) in [5.74, 6) is 0. The molecule has 0 amide bonds. The summed E-state index contributed by atoms with van der Waals surface area (Å²) in [5.41, 5.74) is 14.1. The lowest BCUT2D eigenvalue weighted by Gasteiger charge is -2.09. The van der Waals surface area contributed by atoms with E-state index in [2.05, 4.69) is 183 Å². The summed E-state index contributed by atoms with van der Waals surface area (Å²) < 4.78 is 7.32. The van der Waals surface area contributed by atoms with Crippen molar-refractivity contribution in [3.8, 4) is 16.8 Å². The fourth-order valence-electron chi connectivity index (χ4n) is 10.3. The standard InChI is InChI=1S/C51H28N4/c1-2-13-31(14-3-1)53-42-22-8-7-17-35(42)39-26-30(24-25-44(39)53)33-18-10-21-38-46-32-15-5-4-12-29(32)27-41-47-45(54(48(33)38)50(41)46)28-40-37-20-11-19-36-34-16-6-9-23-43(34)55(49(36)37)51(40)52-47/h1-28H. The molecule has 8 aromatic carbocycles. The molecule has 0 atom stereocenters. The van der Waals surface area contributed by atoms with Crippen molar-refractivity contribution in [2.45, 2.75) is 0 Å². The first-order valence-electron chi connectivity index (χ1n) is 19.0. The molecule has 0 radical (unpaired) electrons. The van der Waals surface area contributed by atoms with E-state index in [0.29, 0.717) is 0 Å². The second kappa shape index (κ2) is 9.75. The monoisotopic (exact) mass is 696 g/mol. The van der Waals surface area contributed by atoms with Gasteiger partial charge in [-0.05, 0) is 64.9 Å². The summed E-state index contributed by atoms with van der Waals surface area (Å²) in [4.78, 5) is 5.67. The fourth-order valence-corrected chi connectivity index (χ4v) is 10.3. The predicted molar refractivity (Wildman–Crippen MR) is 231 cm³/mol. The van der Waals surface area contributed by atoms with E-state index in [-0.39, 0.29) is 0 Å². The van der Waals surface area contributed by atoms with Gasteiger partial charge in [-0.1, -0.05) is 121 Å². The van der Waals surface area contributed by atoms with Crippen LogP contribution in [-0.4, -0.2) is 18.4 Å². The predicted octanol–water partition coefficient (Wildman–Crippen LogP) is 13.3. The number of fused-ring (bicyclic) bond motifs is 17. The Morgan fingerprint density at radius 3 is 1.91 bits per heavy atom. The lowest BCUT2D eigenvalue weighted by atomic mass is 9.97. The van der Waals surface area contributed by atoms with Crippen LogP contribution in [0.4, 0.5) is 0 Å². The molecule has 0 aliphatic rings. The molecule has 0 fully saturated rings. The zero-order valence-electron chi connectivity index (χ0n) is 29.5. The van der Waals surface area contributed by atoms with E-state index in [1.54, 1.807) is 0 Å². The third-order valence-electron chi connectivity index (χ3n) is 12.4. The maximum absolute atomic E-state index is 5.67. The summed E-state index contributed by atoms with van der Waals surface area (Å²) in [6.07, 6.45) is 0. The molecule has 0 saturated heterocycles. The second-order valence-electron chi connectivity index (χ2n) is 15.1. The molecule has 0 spiro atoms. The van der Waals surface area contributed by atoms with Crippen LogP contribution >= 0.6 is 0 Å². The van der Waals surface area contributed by atoms with Crippen LogP contribution in [0.3, 0.4) is 0 Å². The molecule has 14 rings (SSSR count). The highest BCUT2D eigenvalue weighted by Gasteiger charge is 2.26. The number of hydrogen-bond donors (Lipinski definition) is 0. The topological polar surface area (TPSA) is 26.6 Å². The zero-order valence-corrected chi connectivity index (χ0v) is 29.5. The third kappa shape index (κ3) is 3.33. The Labute approximate surface area is 313 Å². The first kappa shape index (κ1) is 28.1. The highest BCUT2D eigenvalue weighted by Crippen LogP contribution is 2.47. The molecule has 0 unspecified atom stereocenters. The van der Waals surface area contributed by atoms with Gasteiger partial charge in [-0.3, -0.25) is 4.40 Å². The largest absolute Gasteiger partial charge is 0.309 e. The minimum absolute atomic E-state index is 1.02. The van der Waals surface area contributed by atoms with Crippen molar-refractivity contribution in [2.24, 2.45) is 0 Å². The molecule has 55 heavy (non-hydrogen) atoms. The van der Waals surface area contributed by atoms with Gasteiger partial charge in [0.2, 0.25) is 0 Å². The van der Waals surface area contributed by atoms with Crippen molar-refractivity contribution in [3.05, 3.63) is 170 Å². The minimum atomic E-state index is 1.02. The Hall–Kier alpha value is -7.43. The normalized spacial score (nSPS) is 12.7. The summed E-state index contributed by atoms with van der Waals surface area (Å²) in [6.45, 7) is 0. The fraction of sp³-hybridized carbons (Fsp3) is 0. The number of aromatic nitrogens is 4. The summed E-state index contributed by atoms with van der Waals surface area (Å²) in [6, 6.07) is 62.5. The Bertz CT molecular complexity index is 3940. The van der Waals surface area contributed by atoms with E-state index < -0.39 is 0 Å². The van der Waals surface area contributed by atoms with Crippen LogP contribution in [0, 0.1) is 0 Å². The summed E-state index contributed by atoms with van der Waals surface area (Å²) >= 11 is 0. The van der Waals surface area contributed by atoms with Gasteiger partial charge in [-0.15, -0.1) is 0 Å². The molecular formula is C51H28N4. The molecule has 252 valence electrons.